The van der Waals surface area contributed by atoms with Crippen LogP contribution in [-0.2, 0) is 7.05 Å². The SMILES string of the molecule is CCNC(CSc1cccc(Cl)c1)c1c(Br)nnn1C. The fraction of sp³-hybridized carbons (Fsp3) is 0.385. The highest BCUT2D eigenvalue weighted by Gasteiger charge is 2.19. The van der Waals surface area contributed by atoms with E-state index in [-0.39, 0.29) is 6.04 Å². The molecular weight excluding hydrogens is 360 g/mol. The number of hydrogen-bond acceptors (Lipinski definition) is 4. The van der Waals surface area contributed by atoms with E-state index in [2.05, 4.69) is 44.5 Å². The number of aryl methyl sites for hydroxylation is 1. The van der Waals surface area contributed by atoms with Crippen molar-refractivity contribution in [3.8, 4) is 0 Å². The number of halogens is 2. The molecule has 1 unspecified atom stereocenters. The van der Waals surface area contributed by atoms with Crippen LogP contribution in [0, 0.1) is 0 Å². The van der Waals surface area contributed by atoms with Gasteiger partial charge in [-0.05, 0) is 40.7 Å². The van der Waals surface area contributed by atoms with E-state index in [1.165, 1.54) is 0 Å². The van der Waals surface area contributed by atoms with Crippen LogP contribution in [0.15, 0.2) is 33.8 Å². The Labute approximate surface area is 136 Å². The summed E-state index contributed by atoms with van der Waals surface area (Å²) in [5.41, 5.74) is 1.06. The highest BCUT2D eigenvalue weighted by Crippen LogP contribution is 2.28. The van der Waals surface area contributed by atoms with Crippen LogP contribution in [-0.4, -0.2) is 27.3 Å². The van der Waals surface area contributed by atoms with Gasteiger partial charge in [-0.25, -0.2) is 4.68 Å². The fourth-order valence-corrected chi connectivity index (χ4v) is 3.80. The molecule has 1 aromatic carbocycles. The summed E-state index contributed by atoms with van der Waals surface area (Å²) in [6.45, 7) is 2.98. The van der Waals surface area contributed by atoms with Gasteiger partial charge in [-0.1, -0.05) is 29.8 Å². The average molecular weight is 376 g/mol. The molecule has 0 aliphatic heterocycles. The summed E-state index contributed by atoms with van der Waals surface area (Å²) in [5.74, 6) is 0.883. The van der Waals surface area contributed by atoms with Gasteiger partial charge >= 0.3 is 0 Å². The number of hydrogen-bond donors (Lipinski definition) is 1. The molecule has 0 saturated heterocycles. The van der Waals surface area contributed by atoms with Gasteiger partial charge in [0.05, 0.1) is 11.7 Å². The van der Waals surface area contributed by atoms with Crippen molar-refractivity contribution in [3.63, 3.8) is 0 Å². The van der Waals surface area contributed by atoms with Gasteiger partial charge in [-0.2, -0.15) is 0 Å². The maximum atomic E-state index is 6.01. The van der Waals surface area contributed by atoms with Crippen LogP contribution in [0.3, 0.4) is 0 Å². The van der Waals surface area contributed by atoms with Gasteiger partial charge < -0.3 is 5.32 Å². The molecule has 2 rings (SSSR count). The van der Waals surface area contributed by atoms with Crippen molar-refractivity contribution >= 4 is 39.3 Å². The Bertz CT molecular complexity index is 556. The van der Waals surface area contributed by atoms with Crippen molar-refractivity contribution in [2.24, 2.45) is 7.05 Å². The van der Waals surface area contributed by atoms with Gasteiger partial charge in [0.2, 0.25) is 0 Å². The Hall–Kier alpha value is -0.560. The number of aromatic nitrogens is 3. The molecule has 1 aromatic heterocycles. The summed E-state index contributed by atoms with van der Waals surface area (Å²) < 4.78 is 2.59. The van der Waals surface area contributed by atoms with E-state index in [9.17, 15) is 0 Å². The van der Waals surface area contributed by atoms with E-state index in [0.29, 0.717) is 0 Å². The summed E-state index contributed by atoms with van der Waals surface area (Å²) in [7, 11) is 1.90. The quantitative estimate of drug-likeness (QED) is 0.782. The number of nitrogens with one attached hydrogen (secondary N) is 1. The van der Waals surface area contributed by atoms with Gasteiger partial charge in [-0.15, -0.1) is 16.9 Å². The summed E-state index contributed by atoms with van der Waals surface area (Å²) in [6.07, 6.45) is 0. The lowest BCUT2D eigenvalue weighted by atomic mass is 10.2. The monoisotopic (exact) mass is 374 g/mol. The second-order valence-electron chi connectivity index (χ2n) is 4.27. The molecule has 7 heteroatoms. The largest absolute Gasteiger partial charge is 0.308 e. The molecule has 1 N–H and O–H groups in total. The lowest BCUT2D eigenvalue weighted by Crippen LogP contribution is -2.25. The zero-order chi connectivity index (χ0) is 14.5. The average Bonchev–Trinajstić information content (AvgIpc) is 2.75. The lowest BCUT2D eigenvalue weighted by Gasteiger charge is -2.17. The third-order valence-corrected chi connectivity index (χ3v) is 4.71. The summed E-state index contributed by atoms with van der Waals surface area (Å²) >= 11 is 11.2. The second-order valence-corrected chi connectivity index (χ2v) is 6.55. The Morgan fingerprint density at radius 1 is 1.50 bits per heavy atom. The molecule has 0 fully saturated rings. The van der Waals surface area contributed by atoms with E-state index in [4.69, 9.17) is 11.6 Å². The van der Waals surface area contributed by atoms with E-state index in [0.717, 1.165) is 32.5 Å². The molecule has 0 saturated carbocycles. The standard InChI is InChI=1S/C13H16BrClN4S/c1-3-16-11(12-13(14)17-18-19(12)2)8-20-10-6-4-5-9(15)7-10/h4-7,11,16H,3,8H2,1-2H3. The van der Waals surface area contributed by atoms with Crippen LogP contribution in [0.5, 0.6) is 0 Å². The van der Waals surface area contributed by atoms with E-state index < -0.39 is 0 Å². The highest BCUT2D eigenvalue weighted by atomic mass is 79.9. The Kier molecular flexibility index (Phi) is 5.89. The van der Waals surface area contributed by atoms with Gasteiger partial charge in [0.15, 0.2) is 4.60 Å². The van der Waals surface area contributed by atoms with Gasteiger partial charge in [0.1, 0.15) is 0 Å². The van der Waals surface area contributed by atoms with Crippen molar-refractivity contribution in [1.82, 2.24) is 20.3 Å². The van der Waals surface area contributed by atoms with E-state index >= 15 is 0 Å². The summed E-state index contributed by atoms with van der Waals surface area (Å²) in [6, 6.07) is 8.07. The minimum absolute atomic E-state index is 0.179. The first-order valence-electron chi connectivity index (χ1n) is 6.28. The molecule has 4 nitrogen and oxygen atoms in total. The number of rotatable bonds is 6. The minimum atomic E-state index is 0.179. The fourth-order valence-electron chi connectivity index (χ4n) is 1.93. The van der Waals surface area contributed by atoms with Crippen molar-refractivity contribution < 1.29 is 0 Å². The van der Waals surface area contributed by atoms with E-state index in [1.807, 2.05) is 25.2 Å². The maximum Gasteiger partial charge on any atom is 0.153 e. The smallest absolute Gasteiger partial charge is 0.153 e. The van der Waals surface area contributed by atoms with Crippen LogP contribution in [0.25, 0.3) is 0 Å². The lowest BCUT2D eigenvalue weighted by molar-refractivity contribution is 0.548. The Balaban J connectivity index is 2.10. The third kappa shape index (κ3) is 3.97. The van der Waals surface area contributed by atoms with Crippen LogP contribution in [0.4, 0.5) is 0 Å². The van der Waals surface area contributed by atoms with Crippen molar-refractivity contribution in [2.45, 2.75) is 17.9 Å². The molecular formula is C13H16BrClN4S. The van der Waals surface area contributed by atoms with Crippen LogP contribution in [0.1, 0.15) is 18.7 Å². The Morgan fingerprint density at radius 3 is 2.90 bits per heavy atom. The predicted octanol–water partition coefficient (Wildman–Crippen LogP) is 3.67. The van der Waals surface area contributed by atoms with Gasteiger partial charge in [0.25, 0.3) is 0 Å². The molecule has 0 amide bonds. The number of thioether (sulfide) groups is 1. The first kappa shape index (κ1) is 15.8. The van der Waals surface area contributed by atoms with Crippen molar-refractivity contribution in [1.29, 1.82) is 0 Å². The molecule has 0 radical (unpaired) electrons. The maximum absolute atomic E-state index is 6.01. The molecule has 108 valence electrons. The topological polar surface area (TPSA) is 42.7 Å². The molecule has 1 heterocycles. The van der Waals surface area contributed by atoms with Gasteiger partial charge in [-0.3, -0.25) is 0 Å². The molecule has 2 aromatic rings. The number of benzene rings is 1. The molecule has 0 aliphatic rings. The second kappa shape index (κ2) is 7.45. The molecule has 1 atom stereocenters. The van der Waals surface area contributed by atoms with Crippen LogP contribution in [0.2, 0.25) is 5.02 Å². The summed E-state index contributed by atoms with van der Waals surface area (Å²) in [5, 5.41) is 12.3. The predicted molar refractivity (Wildman–Crippen MR) is 87.3 cm³/mol. The zero-order valence-corrected chi connectivity index (χ0v) is 14.5. The van der Waals surface area contributed by atoms with Gasteiger partial charge in [0, 0.05) is 22.7 Å². The Morgan fingerprint density at radius 2 is 2.30 bits per heavy atom. The third-order valence-electron chi connectivity index (χ3n) is 2.82. The number of nitrogens with zero attached hydrogens (tertiary/aromatic N) is 3. The van der Waals surface area contributed by atoms with Crippen molar-refractivity contribution in [3.05, 3.63) is 39.6 Å². The highest BCUT2D eigenvalue weighted by molar-refractivity contribution is 9.10. The molecule has 0 aliphatic carbocycles. The molecule has 0 bridgehead atoms. The van der Waals surface area contributed by atoms with Crippen molar-refractivity contribution in [2.75, 3.05) is 12.3 Å². The first-order valence-corrected chi connectivity index (χ1v) is 8.44. The summed E-state index contributed by atoms with van der Waals surface area (Å²) in [4.78, 5) is 1.16. The van der Waals surface area contributed by atoms with E-state index in [1.54, 1.807) is 16.4 Å². The molecule has 0 spiro atoms. The minimum Gasteiger partial charge on any atom is -0.308 e. The van der Waals surface area contributed by atoms with Crippen LogP contribution >= 0.6 is 39.3 Å². The van der Waals surface area contributed by atoms with Crippen LogP contribution < -0.4 is 5.32 Å². The molecule has 20 heavy (non-hydrogen) atoms. The normalized spacial score (nSPS) is 12.6. The first-order chi connectivity index (χ1) is 9.61. The zero-order valence-electron chi connectivity index (χ0n) is 11.3.